The van der Waals surface area contributed by atoms with Crippen LogP contribution in [0.15, 0.2) is 73.4 Å². The smallest absolute Gasteiger partial charge is 0.135 e. The second-order valence-corrected chi connectivity index (χ2v) is 7.22. The van der Waals surface area contributed by atoms with Gasteiger partial charge in [0.05, 0.1) is 40.0 Å². The van der Waals surface area contributed by atoms with Gasteiger partial charge >= 0.3 is 0 Å². The number of nitrogens with zero attached hydrogens (tertiary/aromatic N) is 5. The molecule has 0 fully saturated rings. The van der Waals surface area contributed by atoms with E-state index in [0.717, 1.165) is 55.8 Å². The van der Waals surface area contributed by atoms with E-state index in [0.29, 0.717) is 5.69 Å². The van der Waals surface area contributed by atoms with Gasteiger partial charge < -0.3 is 10.7 Å². The second kappa shape index (κ2) is 6.74. The summed E-state index contributed by atoms with van der Waals surface area (Å²) < 4.78 is 0. The molecule has 6 rings (SSSR count). The van der Waals surface area contributed by atoms with E-state index in [4.69, 9.17) is 10.7 Å². The van der Waals surface area contributed by atoms with Crippen LogP contribution >= 0.6 is 0 Å². The van der Waals surface area contributed by atoms with Gasteiger partial charge in [-0.3, -0.25) is 20.1 Å². The molecule has 31 heavy (non-hydrogen) atoms. The highest BCUT2D eigenvalue weighted by atomic mass is 15.1. The standard InChI is InChI=1S/C23H16N8/c24-14-7-13(9-25-10-14)17-4-5-19-22(29-17)23(31-30-19)20-8-15-16(11-26-12-21(15)28-20)18-3-1-2-6-27-18/h1-12,28H,24H2,(H,30,31). The van der Waals surface area contributed by atoms with E-state index in [9.17, 15) is 0 Å². The largest absolute Gasteiger partial charge is 0.397 e. The summed E-state index contributed by atoms with van der Waals surface area (Å²) in [5, 5.41) is 8.61. The number of hydrogen-bond donors (Lipinski definition) is 3. The number of aromatic nitrogens is 7. The van der Waals surface area contributed by atoms with Crippen LogP contribution in [-0.2, 0) is 0 Å². The minimum atomic E-state index is 0.594. The van der Waals surface area contributed by atoms with Crippen LogP contribution in [0.25, 0.3) is 55.8 Å². The van der Waals surface area contributed by atoms with Crippen LogP contribution in [0.3, 0.4) is 0 Å². The molecule has 0 aromatic carbocycles. The third kappa shape index (κ3) is 2.89. The number of anilines is 1. The fraction of sp³-hybridized carbons (Fsp3) is 0. The molecule has 0 spiro atoms. The van der Waals surface area contributed by atoms with E-state index < -0.39 is 0 Å². The SMILES string of the molecule is Nc1cncc(-c2ccc3[nH]nc(-c4cc5c(-c6ccccn6)cncc5[nH]4)c3n2)c1. The van der Waals surface area contributed by atoms with Crippen LogP contribution in [0.5, 0.6) is 0 Å². The fourth-order valence-electron chi connectivity index (χ4n) is 3.75. The van der Waals surface area contributed by atoms with Crippen molar-refractivity contribution >= 4 is 27.6 Å². The van der Waals surface area contributed by atoms with Gasteiger partial charge in [-0.25, -0.2) is 4.98 Å². The van der Waals surface area contributed by atoms with Crippen molar-refractivity contribution in [2.24, 2.45) is 0 Å². The maximum atomic E-state index is 5.89. The van der Waals surface area contributed by atoms with Gasteiger partial charge in [-0.1, -0.05) is 6.07 Å². The summed E-state index contributed by atoms with van der Waals surface area (Å²) in [6.07, 6.45) is 8.77. The first-order valence-electron chi connectivity index (χ1n) is 9.71. The predicted molar refractivity (Wildman–Crippen MR) is 120 cm³/mol. The highest BCUT2D eigenvalue weighted by molar-refractivity contribution is 5.99. The highest BCUT2D eigenvalue weighted by Crippen LogP contribution is 2.33. The van der Waals surface area contributed by atoms with Gasteiger partial charge in [0, 0.05) is 41.3 Å². The minimum Gasteiger partial charge on any atom is -0.397 e. The van der Waals surface area contributed by atoms with Gasteiger partial charge in [0.15, 0.2) is 0 Å². The number of nitrogen functional groups attached to an aromatic ring is 1. The molecule has 0 saturated carbocycles. The Morgan fingerprint density at radius 2 is 1.77 bits per heavy atom. The Balaban J connectivity index is 1.51. The summed E-state index contributed by atoms with van der Waals surface area (Å²) in [6, 6.07) is 13.6. The molecule has 0 atom stereocenters. The van der Waals surface area contributed by atoms with Crippen molar-refractivity contribution in [1.29, 1.82) is 0 Å². The molecule has 0 bridgehead atoms. The molecular weight excluding hydrogens is 388 g/mol. The molecule has 6 aromatic heterocycles. The zero-order valence-corrected chi connectivity index (χ0v) is 16.2. The first-order valence-corrected chi connectivity index (χ1v) is 9.71. The van der Waals surface area contributed by atoms with Crippen molar-refractivity contribution in [3.63, 3.8) is 0 Å². The maximum absolute atomic E-state index is 5.89. The number of rotatable bonds is 3. The molecule has 8 nitrogen and oxygen atoms in total. The lowest BCUT2D eigenvalue weighted by atomic mass is 10.1. The lowest BCUT2D eigenvalue weighted by molar-refractivity contribution is 1.12. The number of fused-ring (bicyclic) bond motifs is 2. The number of pyridine rings is 4. The monoisotopic (exact) mass is 404 g/mol. The van der Waals surface area contributed by atoms with E-state index in [1.807, 2.05) is 42.6 Å². The van der Waals surface area contributed by atoms with Gasteiger partial charge in [0.2, 0.25) is 0 Å². The Bertz CT molecular complexity index is 1550. The zero-order chi connectivity index (χ0) is 20.8. The molecule has 4 N–H and O–H groups in total. The van der Waals surface area contributed by atoms with Crippen molar-refractivity contribution in [3.8, 4) is 33.9 Å². The summed E-state index contributed by atoms with van der Waals surface area (Å²) in [6.45, 7) is 0. The molecular formula is C23H16N8. The first kappa shape index (κ1) is 17.3. The quantitative estimate of drug-likeness (QED) is 0.406. The number of hydrogen-bond acceptors (Lipinski definition) is 6. The molecule has 8 heteroatoms. The second-order valence-electron chi connectivity index (χ2n) is 7.22. The third-order valence-corrected chi connectivity index (χ3v) is 5.20. The lowest BCUT2D eigenvalue weighted by Crippen LogP contribution is -1.90. The molecule has 0 aliphatic rings. The Morgan fingerprint density at radius 1 is 0.839 bits per heavy atom. The average molecular weight is 404 g/mol. The van der Waals surface area contributed by atoms with Crippen LogP contribution in [0.4, 0.5) is 5.69 Å². The Kier molecular flexibility index (Phi) is 3.76. The molecule has 0 unspecified atom stereocenters. The van der Waals surface area contributed by atoms with E-state index in [1.165, 1.54) is 0 Å². The van der Waals surface area contributed by atoms with Crippen molar-refractivity contribution in [3.05, 3.63) is 73.4 Å². The first-order chi connectivity index (χ1) is 15.3. The number of H-pyrrole nitrogens is 2. The van der Waals surface area contributed by atoms with Gasteiger partial charge in [-0.15, -0.1) is 0 Å². The summed E-state index contributed by atoms with van der Waals surface area (Å²) in [5.74, 6) is 0. The van der Waals surface area contributed by atoms with Gasteiger partial charge in [0.25, 0.3) is 0 Å². The van der Waals surface area contributed by atoms with Crippen LogP contribution in [0.2, 0.25) is 0 Å². The van der Waals surface area contributed by atoms with E-state index in [2.05, 4.69) is 36.2 Å². The van der Waals surface area contributed by atoms with Crippen molar-refractivity contribution in [2.45, 2.75) is 0 Å². The molecule has 0 saturated heterocycles. The number of aromatic amines is 2. The van der Waals surface area contributed by atoms with E-state index in [1.54, 1.807) is 24.8 Å². The number of nitrogens with one attached hydrogen (secondary N) is 2. The molecule has 0 aliphatic carbocycles. The Hall–Kier alpha value is -4.59. The van der Waals surface area contributed by atoms with Gasteiger partial charge in [-0.2, -0.15) is 5.10 Å². The highest BCUT2D eigenvalue weighted by Gasteiger charge is 2.16. The summed E-state index contributed by atoms with van der Waals surface area (Å²) in [5.41, 5.74) is 14.0. The minimum absolute atomic E-state index is 0.594. The van der Waals surface area contributed by atoms with Crippen LogP contribution in [0, 0.1) is 0 Å². The molecule has 0 radical (unpaired) electrons. The maximum Gasteiger partial charge on any atom is 0.135 e. The summed E-state index contributed by atoms with van der Waals surface area (Å²) in [4.78, 5) is 21.3. The molecule has 148 valence electrons. The van der Waals surface area contributed by atoms with E-state index >= 15 is 0 Å². The van der Waals surface area contributed by atoms with Crippen molar-refractivity contribution in [1.82, 2.24) is 35.1 Å². The molecule has 0 aliphatic heterocycles. The molecule has 6 aromatic rings. The van der Waals surface area contributed by atoms with Gasteiger partial charge in [-0.05, 0) is 36.4 Å². The summed E-state index contributed by atoms with van der Waals surface area (Å²) >= 11 is 0. The molecule has 6 heterocycles. The van der Waals surface area contributed by atoms with Crippen molar-refractivity contribution < 1.29 is 0 Å². The lowest BCUT2D eigenvalue weighted by Gasteiger charge is -2.02. The topological polar surface area (TPSA) is 122 Å². The van der Waals surface area contributed by atoms with Gasteiger partial charge in [0.1, 0.15) is 11.2 Å². The summed E-state index contributed by atoms with van der Waals surface area (Å²) in [7, 11) is 0. The van der Waals surface area contributed by atoms with Crippen molar-refractivity contribution in [2.75, 3.05) is 5.73 Å². The van der Waals surface area contributed by atoms with Crippen LogP contribution in [-0.4, -0.2) is 35.1 Å². The predicted octanol–water partition coefficient (Wildman–Crippen LogP) is 4.21. The average Bonchev–Trinajstić information content (AvgIpc) is 3.43. The van der Waals surface area contributed by atoms with Crippen LogP contribution in [0.1, 0.15) is 0 Å². The van der Waals surface area contributed by atoms with Crippen LogP contribution < -0.4 is 5.73 Å². The molecule has 0 amide bonds. The zero-order valence-electron chi connectivity index (χ0n) is 16.2. The third-order valence-electron chi connectivity index (χ3n) is 5.20. The normalized spacial score (nSPS) is 11.4. The Morgan fingerprint density at radius 3 is 2.65 bits per heavy atom. The van der Waals surface area contributed by atoms with E-state index in [-0.39, 0.29) is 0 Å². The number of nitrogens with two attached hydrogens (primary N) is 1. The fourth-order valence-corrected chi connectivity index (χ4v) is 3.75. The Labute approximate surface area is 176 Å².